The van der Waals surface area contributed by atoms with Crippen molar-refractivity contribution in [2.75, 3.05) is 38.3 Å². The number of ether oxygens (including phenoxy) is 3. The van der Waals surface area contributed by atoms with Gasteiger partial charge in [-0.15, -0.1) is 0 Å². The monoisotopic (exact) mass is 627 g/mol. The maximum absolute atomic E-state index is 12.8. The predicted molar refractivity (Wildman–Crippen MR) is 176 cm³/mol. The van der Waals surface area contributed by atoms with Crippen molar-refractivity contribution in [3.63, 3.8) is 0 Å². The Morgan fingerprint density at radius 1 is 1.09 bits per heavy atom. The second kappa shape index (κ2) is 12.2. The van der Waals surface area contributed by atoms with E-state index in [1.165, 1.54) is 11.1 Å². The summed E-state index contributed by atoms with van der Waals surface area (Å²) in [5.41, 5.74) is 4.92. The minimum atomic E-state index is -0.759. The minimum absolute atomic E-state index is 0.109. The average molecular weight is 628 g/mol. The first-order valence-corrected chi connectivity index (χ1v) is 16.2. The van der Waals surface area contributed by atoms with Gasteiger partial charge in [-0.1, -0.05) is 43.3 Å². The molecule has 2 aromatic carbocycles. The number of para-hydroxylation sites is 1. The molecular formula is C37H45N3O6. The molecule has 6 rings (SSSR count). The summed E-state index contributed by atoms with van der Waals surface area (Å²) in [5, 5.41) is 10.1. The molecule has 0 spiro atoms. The fourth-order valence-corrected chi connectivity index (χ4v) is 7.30. The molecule has 3 aliphatic rings. The molecular weight excluding hydrogens is 582 g/mol. The fraction of sp³-hybridized carbons (Fsp3) is 0.486. The lowest BCUT2D eigenvalue weighted by molar-refractivity contribution is -0.144. The third-order valence-corrected chi connectivity index (χ3v) is 9.70. The summed E-state index contributed by atoms with van der Waals surface area (Å²) in [6.07, 6.45) is 1.20. The Morgan fingerprint density at radius 3 is 2.61 bits per heavy atom. The number of carboxylic acid groups (broad SMARTS) is 1. The molecule has 1 saturated carbocycles. The van der Waals surface area contributed by atoms with Crippen molar-refractivity contribution in [1.82, 2.24) is 9.88 Å². The van der Waals surface area contributed by atoms with Crippen LogP contribution in [0, 0.1) is 18.3 Å². The van der Waals surface area contributed by atoms with Crippen molar-refractivity contribution >= 4 is 17.9 Å². The number of hydrogen-bond donors (Lipinski definition) is 1. The number of anilines is 1. The smallest absolute Gasteiger partial charge is 0.410 e. The first-order valence-electron chi connectivity index (χ1n) is 16.2. The molecule has 2 aliphatic heterocycles. The Morgan fingerprint density at radius 2 is 1.87 bits per heavy atom. The van der Waals surface area contributed by atoms with Crippen LogP contribution in [-0.4, -0.2) is 72.0 Å². The molecule has 4 atom stereocenters. The Balaban J connectivity index is 1.20. The second-order valence-corrected chi connectivity index (χ2v) is 14.1. The summed E-state index contributed by atoms with van der Waals surface area (Å²) in [6, 6.07) is 18.2. The number of carbonyl (C=O) groups excluding carboxylic acids is 1. The highest BCUT2D eigenvalue weighted by atomic mass is 16.6. The summed E-state index contributed by atoms with van der Waals surface area (Å²) in [5.74, 6) is 1.04. The molecule has 1 saturated heterocycles. The van der Waals surface area contributed by atoms with Crippen LogP contribution in [0.3, 0.4) is 0 Å². The number of hydrogen-bond acceptors (Lipinski definition) is 7. The summed E-state index contributed by atoms with van der Waals surface area (Å²) in [7, 11) is 1.62. The quantitative estimate of drug-likeness (QED) is 0.304. The van der Waals surface area contributed by atoms with E-state index in [1.807, 2.05) is 69.0 Å². The lowest BCUT2D eigenvalue weighted by atomic mass is 9.93. The minimum Gasteiger partial charge on any atom is -0.488 e. The van der Waals surface area contributed by atoms with Crippen LogP contribution < -0.4 is 9.64 Å². The number of aryl methyl sites for hydroxylation is 1. The van der Waals surface area contributed by atoms with E-state index in [-0.39, 0.29) is 24.0 Å². The number of amides is 1. The summed E-state index contributed by atoms with van der Waals surface area (Å²) in [4.78, 5) is 34.0. The third-order valence-electron chi connectivity index (χ3n) is 9.70. The molecule has 244 valence electrons. The Labute approximate surface area is 271 Å². The van der Waals surface area contributed by atoms with Gasteiger partial charge < -0.3 is 29.1 Å². The van der Waals surface area contributed by atoms with Crippen molar-refractivity contribution in [2.45, 2.75) is 71.6 Å². The van der Waals surface area contributed by atoms with E-state index in [9.17, 15) is 14.7 Å². The topological polar surface area (TPSA) is 101 Å². The highest BCUT2D eigenvalue weighted by molar-refractivity contribution is 5.82. The zero-order valence-electron chi connectivity index (χ0n) is 27.7. The van der Waals surface area contributed by atoms with Crippen LogP contribution in [-0.2, 0) is 27.3 Å². The third kappa shape index (κ3) is 6.05. The summed E-state index contributed by atoms with van der Waals surface area (Å²) < 4.78 is 17.7. The van der Waals surface area contributed by atoms with Gasteiger partial charge in [-0.2, -0.15) is 0 Å². The summed E-state index contributed by atoms with van der Waals surface area (Å²) in [6.45, 7) is 12.5. The number of fused-ring (bicyclic) bond motifs is 2. The van der Waals surface area contributed by atoms with Gasteiger partial charge in [0.2, 0.25) is 0 Å². The Kier molecular flexibility index (Phi) is 8.48. The molecule has 9 nitrogen and oxygen atoms in total. The molecule has 9 heteroatoms. The first kappa shape index (κ1) is 31.9. The van der Waals surface area contributed by atoms with Crippen LogP contribution in [0.2, 0.25) is 0 Å². The molecule has 1 amide bonds. The molecule has 3 heterocycles. The van der Waals surface area contributed by atoms with E-state index in [2.05, 4.69) is 30.0 Å². The van der Waals surface area contributed by atoms with Gasteiger partial charge in [-0.05, 0) is 92.8 Å². The van der Waals surface area contributed by atoms with Crippen molar-refractivity contribution in [3.8, 4) is 17.0 Å². The van der Waals surface area contributed by atoms with Gasteiger partial charge >= 0.3 is 12.1 Å². The van der Waals surface area contributed by atoms with E-state index in [1.54, 1.807) is 7.11 Å². The zero-order valence-corrected chi connectivity index (χ0v) is 27.7. The molecule has 0 radical (unpaired) electrons. The molecule has 3 aromatic rings. The standard InChI is InChI=1S/C37H45N3O6/c1-23-9-7-10-28(30-11-8-12-32(38-30)40-20-27-18-37(27,34(41)42)31(40)22-44-6)33(23)45-21-25-13-14-26-15-16-39(19-24(2)29(26)17-25)35(43)46-36(3,4)5/h7-14,17,24,27,31H,15-16,18-22H2,1-6H3,(H,41,42)/t24-,27?,31-,37-/m1/s1. The number of carbonyl (C=O) groups is 2. The predicted octanol–water partition coefficient (Wildman–Crippen LogP) is 6.46. The van der Waals surface area contributed by atoms with Crippen LogP contribution in [0.25, 0.3) is 11.3 Å². The Bertz CT molecular complexity index is 1630. The number of nitrogens with zero attached hydrogens (tertiary/aromatic N) is 3. The normalized spacial score (nSPS) is 23.7. The molecule has 1 N–H and O–H groups in total. The number of aromatic nitrogens is 1. The maximum atomic E-state index is 12.8. The van der Waals surface area contributed by atoms with E-state index in [0.29, 0.717) is 39.3 Å². The van der Waals surface area contributed by atoms with Crippen LogP contribution in [0.5, 0.6) is 5.75 Å². The van der Waals surface area contributed by atoms with E-state index < -0.39 is 17.0 Å². The highest BCUT2D eigenvalue weighted by Crippen LogP contribution is 2.62. The number of methoxy groups -OCH3 is 1. The maximum Gasteiger partial charge on any atom is 0.410 e. The van der Waals surface area contributed by atoms with Gasteiger partial charge in [0, 0.05) is 32.3 Å². The van der Waals surface area contributed by atoms with Gasteiger partial charge in [0.25, 0.3) is 0 Å². The number of benzene rings is 2. The number of aliphatic carboxylic acids is 1. The number of carboxylic acids is 1. The lowest BCUT2D eigenvalue weighted by Crippen LogP contribution is -2.43. The highest BCUT2D eigenvalue weighted by Gasteiger charge is 2.71. The largest absolute Gasteiger partial charge is 0.488 e. The van der Waals surface area contributed by atoms with Gasteiger partial charge in [0.15, 0.2) is 0 Å². The fourth-order valence-electron chi connectivity index (χ4n) is 7.30. The first-order chi connectivity index (χ1) is 21.9. The summed E-state index contributed by atoms with van der Waals surface area (Å²) >= 11 is 0. The number of rotatable bonds is 8. The molecule has 1 aromatic heterocycles. The van der Waals surface area contributed by atoms with Crippen LogP contribution >= 0.6 is 0 Å². The van der Waals surface area contributed by atoms with Gasteiger partial charge in [0.05, 0.1) is 23.8 Å². The van der Waals surface area contributed by atoms with Crippen LogP contribution in [0.1, 0.15) is 62.3 Å². The van der Waals surface area contributed by atoms with E-state index in [4.69, 9.17) is 19.2 Å². The number of pyridine rings is 1. The number of piperidine rings is 1. The molecule has 1 unspecified atom stereocenters. The average Bonchev–Trinajstić information content (AvgIpc) is 3.69. The van der Waals surface area contributed by atoms with Gasteiger partial charge in [-0.3, -0.25) is 4.79 Å². The molecule has 2 fully saturated rings. The molecule has 46 heavy (non-hydrogen) atoms. The molecule has 1 aliphatic carbocycles. The SMILES string of the molecule is COC[C@H]1N(c2cccc(-c3cccc(C)c3OCc3ccc4c(c3)[C@H](C)CN(C(=O)OC(C)(C)C)CC4)n2)CC2C[C@@]21C(=O)O. The van der Waals surface area contributed by atoms with Crippen LogP contribution in [0.15, 0.2) is 54.6 Å². The Hall–Kier alpha value is -4.11. The lowest BCUT2D eigenvalue weighted by Gasteiger charge is -2.31. The van der Waals surface area contributed by atoms with Crippen molar-refractivity contribution in [2.24, 2.45) is 11.3 Å². The van der Waals surface area contributed by atoms with E-state index in [0.717, 1.165) is 40.4 Å². The van der Waals surface area contributed by atoms with Crippen molar-refractivity contribution in [3.05, 3.63) is 76.9 Å². The van der Waals surface area contributed by atoms with Gasteiger partial charge in [0.1, 0.15) is 23.8 Å². The molecule has 0 bridgehead atoms. The van der Waals surface area contributed by atoms with E-state index >= 15 is 0 Å². The van der Waals surface area contributed by atoms with Crippen molar-refractivity contribution in [1.29, 1.82) is 0 Å². The van der Waals surface area contributed by atoms with Crippen molar-refractivity contribution < 1.29 is 28.9 Å². The zero-order chi connectivity index (χ0) is 32.8. The second-order valence-electron chi connectivity index (χ2n) is 14.1. The van der Waals surface area contributed by atoms with Gasteiger partial charge in [-0.25, -0.2) is 9.78 Å². The van der Waals surface area contributed by atoms with Crippen LogP contribution in [0.4, 0.5) is 10.6 Å².